The minimum Gasteiger partial charge on any atom is -0.465 e. The van der Waals surface area contributed by atoms with Gasteiger partial charge in [-0.3, -0.25) is 4.57 Å². The normalized spacial score (nSPS) is 11.1. The summed E-state index contributed by atoms with van der Waals surface area (Å²) in [5.41, 5.74) is 9.65. The molecular weight excluding hydrogens is 384 g/mol. The van der Waals surface area contributed by atoms with Crippen LogP contribution in [0.4, 0.5) is 5.82 Å². The lowest BCUT2D eigenvalue weighted by Gasteiger charge is -2.08. The third-order valence-corrected chi connectivity index (χ3v) is 4.50. The number of para-hydroxylation sites is 2. The maximum Gasteiger partial charge on any atom is 0.343 e. The molecule has 4 rings (SSSR count). The number of nitrogens with zero attached hydrogens (tertiary/aromatic N) is 3. The van der Waals surface area contributed by atoms with Gasteiger partial charge in [-0.25, -0.2) is 14.8 Å². The molecular formula is C18H13BrN4O2. The summed E-state index contributed by atoms with van der Waals surface area (Å²) >= 11 is 3.42. The van der Waals surface area contributed by atoms with Crippen LogP contribution in [-0.4, -0.2) is 27.6 Å². The number of methoxy groups -OCH3 is 1. The standard InChI is InChI=1S/C18H13BrN4O2/c1-25-18(24)14-15-17(22-13-5-3-2-4-12(13)21-15)23(16(14)20)11-8-6-10(19)7-9-11/h2-9H,20H2,1H3. The van der Waals surface area contributed by atoms with Crippen molar-refractivity contribution in [3.63, 3.8) is 0 Å². The number of anilines is 1. The van der Waals surface area contributed by atoms with Crippen molar-refractivity contribution in [1.82, 2.24) is 14.5 Å². The zero-order valence-electron chi connectivity index (χ0n) is 13.2. The number of aromatic nitrogens is 3. The third kappa shape index (κ3) is 2.44. The van der Waals surface area contributed by atoms with E-state index in [1.807, 2.05) is 48.5 Å². The van der Waals surface area contributed by atoms with Crippen LogP contribution in [0.15, 0.2) is 53.0 Å². The summed E-state index contributed by atoms with van der Waals surface area (Å²) in [6.07, 6.45) is 0. The average molecular weight is 397 g/mol. The zero-order valence-corrected chi connectivity index (χ0v) is 14.8. The second-order valence-corrected chi connectivity index (χ2v) is 6.36. The molecule has 0 fully saturated rings. The second kappa shape index (κ2) is 5.86. The molecule has 2 aromatic carbocycles. The van der Waals surface area contributed by atoms with Crippen molar-refractivity contribution < 1.29 is 9.53 Å². The molecule has 6 nitrogen and oxygen atoms in total. The molecule has 0 bridgehead atoms. The third-order valence-electron chi connectivity index (χ3n) is 3.97. The molecule has 2 N–H and O–H groups in total. The van der Waals surface area contributed by atoms with Crippen molar-refractivity contribution in [3.05, 3.63) is 58.6 Å². The Morgan fingerprint density at radius 2 is 1.72 bits per heavy atom. The van der Waals surface area contributed by atoms with E-state index >= 15 is 0 Å². The van der Waals surface area contributed by atoms with Gasteiger partial charge in [-0.15, -0.1) is 0 Å². The Labute approximate surface area is 151 Å². The fourth-order valence-electron chi connectivity index (χ4n) is 2.82. The molecule has 2 aromatic heterocycles. The van der Waals surface area contributed by atoms with Crippen LogP contribution >= 0.6 is 15.9 Å². The first-order valence-electron chi connectivity index (χ1n) is 7.51. The maximum absolute atomic E-state index is 12.3. The topological polar surface area (TPSA) is 83.0 Å². The summed E-state index contributed by atoms with van der Waals surface area (Å²) in [7, 11) is 1.32. The fourth-order valence-corrected chi connectivity index (χ4v) is 3.08. The maximum atomic E-state index is 12.3. The van der Waals surface area contributed by atoms with Gasteiger partial charge in [0.1, 0.15) is 16.9 Å². The first-order valence-corrected chi connectivity index (χ1v) is 8.30. The molecule has 0 amide bonds. The van der Waals surface area contributed by atoms with Gasteiger partial charge in [-0.05, 0) is 36.4 Å². The first kappa shape index (κ1) is 15.6. The number of fused-ring (bicyclic) bond motifs is 2. The Hall–Kier alpha value is -2.93. The molecule has 2 heterocycles. The van der Waals surface area contributed by atoms with Crippen molar-refractivity contribution in [2.24, 2.45) is 0 Å². The van der Waals surface area contributed by atoms with Crippen LogP contribution in [0.2, 0.25) is 0 Å². The van der Waals surface area contributed by atoms with Crippen LogP contribution in [0.3, 0.4) is 0 Å². The lowest BCUT2D eigenvalue weighted by atomic mass is 10.2. The van der Waals surface area contributed by atoms with Gasteiger partial charge in [0.15, 0.2) is 5.65 Å². The van der Waals surface area contributed by atoms with Crippen LogP contribution in [0.5, 0.6) is 0 Å². The number of nitrogens with two attached hydrogens (primary N) is 1. The molecule has 25 heavy (non-hydrogen) atoms. The molecule has 124 valence electrons. The van der Waals surface area contributed by atoms with Gasteiger partial charge in [0.2, 0.25) is 0 Å². The monoisotopic (exact) mass is 396 g/mol. The number of esters is 1. The summed E-state index contributed by atoms with van der Waals surface area (Å²) in [6, 6.07) is 15.0. The Balaban J connectivity index is 2.13. The largest absolute Gasteiger partial charge is 0.465 e. The highest BCUT2D eigenvalue weighted by molar-refractivity contribution is 9.10. The van der Waals surface area contributed by atoms with Crippen LogP contribution in [-0.2, 0) is 4.74 Å². The number of ether oxygens (including phenoxy) is 1. The number of carbonyl (C=O) groups is 1. The summed E-state index contributed by atoms with van der Waals surface area (Å²) in [5, 5.41) is 0. The van der Waals surface area contributed by atoms with Crippen molar-refractivity contribution in [3.8, 4) is 5.69 Å². The quantitative estimate of drug-likeness (QED) is 0.522. The van der Waals surface area contributed by atoms with Crippen LogP contribution < -0.4 is 5.73 Å². The molecule has 7 heteroatoms. The van der Waals surface area contributed by atoms with Gasteiger partial charge in [-0.1, -0.05) is 28.1 Å². The van der Waals surface area contributed by atoms with E-state index in [2.05, 4.69) is 25.9 Å². The summed E-state index contributed by atoms with van der Waals surface area (Å²) in [5.74, 6) is -0.289. The fraction of sp³-hybridized carbons (Fsp3) is 0.0556. The van der Waals surface area contributed by atoms with E-state index in [1.165, 1.54) is 7.11 Å². The van der Waals surface area contributed by atoms with Crippen molar-refractivity contribution in [2.75, 3.05) is 12.8 Å². The Morgan fingerprint density at radius 1 is 1.08 bits per heavy atom. The molecule has 0 aliphatic heterocycles. The summed E-state index contributed by atoms with van der Waals surface area (Å²) in [6.45, 7) is 0. The molecule has 0 aliphatic rings. The number of halogens is 1. The van der Waals surface area contributed by atoms with Gasteiger partial charge in [0.25, 0.3) is 0 Å². The van der Waals surface area contributed by atoms with Crippen LogP contribution in [0.25, 0.3) is 27.9 Å². The summed E-state index contributed by atoms with van der Waals surface area (Å²) < 4.78 is 7.55. The van der Waals surface area contributed by atoms with Crippen molar-refractivity contribution >= 4 is 49.9 Å². The van der Waals surface area contributed by atoms with E-state index in [4.69, 9.17) is 10.5 Å². The lowest BCUT2D eigenvalue weighted by molar-refractivity contribution is 0.0604. The van der Waals surface area contributed by atoms with E-state index in [1.54, 1.807) is 4.57 Å². The van der Waals surface area contributed by atoms with E-state index in [-0.39, 0.29) is 11.4 Å². The average Bonchev–Trinajstić information content (AvgIpc) is 2.91. The number of carbonyl (C=O) groups excluding carboxylic acids is 1. The lowest BCUT2D eigenvalue weighted by Crippen LogP contribution is -2.07. The number of hydrogen-bond acceptors (Lipinski definition) is 5. The van der Waals surface area contributed by atoms with Crippen molar-refractivity contribution in [1.29, 1.82) is 0 Å². The highest BCUT2D eigenvalue weighted by Gasteiger charge is 2.25. The molecule has 0 unspecified atom stereocenters. The Kier molecular flexibility index (Phi) is 3.65. The molecule has 4 aromatic rings. The predicted octanol–water partition coefficient (Wildman–Crippen LogP) is 3.71. The van der Waals surface area contributed by atoms with Gasteiger partial charge < -0.3 is 10.5 Å². The molecule has 0 aliphatic carbocycles. The second-order valence-electron chi connectivity index (χ2n) is 5.45. The number of hydrogen-bond donors (Lipinski definition) is 1. The predicted molar refractivity (Wildman–Crippen MR) is 99.8 cm³/mol. The molecule has 0 saturated heterocycles. The minimum atomic E-state index is -0.539. The molecule has 0 radical (unpaired) electrons. The van der Waals surface area contributed by atoms with E-state index in [0.29, 0.717) is 16.7 Å². The van der Waals surface area contributed by atoms with Crippen LogP contribution in [0.1, 0.15) is 10.4 Å². The smallest absolute Gasteiger partial charge is 0.343 e. The minimum absolute atomic E-state index is 0.221. The number of benzene rings is 2. The van der Waals surface area contributed by atoms with E-state index in [0.717, 1.165) is 15.7 Å². The molecule has 0 atom stereocenters. The Bertz CT molecular complexity index is 1120. The van der Waals surface area contributed by atoms with Gasteiger partial charge in [0, 0.05) is 10.2 Å². The SMILES string of the molecule is COC(=O)c1c(N)n(-c2ccc(Br)cc2)c2nc3ccccc3nc12. The Morgan fingerprint density at radius 3 is 2.36 bits per heavy atom. The molecule has 0 spiro atoms. The highest BCUT2D eigenvalue weighted by atomic mass is 79.9. The van der Waals surface area contributed by atoms with E-state index in [9.17, 15) is 4.79 Å². The number of nitrogen functional groups attached to an aromatic ring is 1. The molecule has 0 saturated carbocycles. The first-order chi connectivity index (χ1) is 12.1. The van der Waals surface area contributed by atoms with Gasteiger partial charge >= 0.3 is 5.97 Å². The highest BCUT2D eigenvalue weighted by Crippen LogP contribution is 2.31. The van der Waals surface area contributed by atoms with Crippen molar-refractivity contribution in [2.45, 2.75) is 0 Å². The number of rotatable bonds is 2. The summed E-state index contributed by atoms with van der Waals surface area (Å²) in [4.78, 5) is 21.6. The van der Waals surface area contributed by atoms with E-state index < -0.39 is 5.97 Å². The van der Waals surface area contributed by atoms with Crippen LogP contribution in [0, 0.1) is 0 Å². The van der Waals surface area contributed by atoms with Gasteiger partial charge in [-0.2, -0.15) is 0 Å². The zero-order chi connectivity index (χ0) is 17.6. The van der Waals surface area contributed by atoms with Gasteiger partial charge in [0.05, 0.1) is 18.1 Å².